The molecule has 0 radical (unpaired) electrons. The summed E-state index contributed by atoms with van der Waals surface area (Å²) in [5, 5.41) is 7.75. The van der Waals surface area contributed by atoms with Crippen molar-refractivity contribution in [1.82, 2.24) is 10.3 Å². The van der Waals surface area contributed by atoms with Crippen LogP contribution in [0, 0.1) is 0 Å². The minimum Gasteiger partial charge on any atom is -0.474 e. The summed E-state index contributed by atoms with van der Waals surface area (Å²) in [5.41, 5.74) is 1.08. The third kappa shape index (κ3) is 4.94. The molecular weight excluding hydrogens is 332 g/mol. The summed E-state index contributed by atoms with van der Waals surface area (Å²) >= 11 is 7.43. The van der Waals surface area contributed by atoms with Crippen molar-refractivity contribution in [3.05, 3.63) is 45.7 Å². The number of amides is 1. The van der Waals surface area contributed by atoms with Gasteiger partial charge in [0.25, 0.3) is 0 Å². The molecule has 4 nitrogen and oxygen atoms in total. The Labute approximate surface area is 144 Å². The Morgan fingerprint density at radius 1 is 1.30 bits per heavy atom. The van der Waals surface area contributed by atoms with E-state index in [1.54, 1.807) is 29.7 Å². The first-order valence-electron chi connectivity index (χ1n) is 7.77. The molecule has 1 saturated carbocycles. The Hall–Kier alpha value is -1.59. The number of nitrogens with one attached hydrogen (secondary N) is 1. The number of rotatable bonds is 5. The molecule has 6 heteroatoms. The van der Waals surface area contributed by atoms with Crippen LogP contribution in [-0.4, -0.2) is 23.0 Å². The number of hydrogen-bond acceptors (Lipinski definition) is 4. The van der Waals surface area contributed by atoms with Crippen LogP contribution in [0.15, 0.2) is 35.2 Å². The van der Waals surface area contributed by atoms with Crippen LogP contribution in [-0.2, 0) is 11.2 Å². The van der Waals surface area contributed by atoms with E-state index in [0.717, 1.165) is 31.2 Å². The van der Waals surface area contributed by atoms with Gasteiger partial charge in [0, 0.05) is 18.3 Å². The van der Waals surface area contributed by atoms with Gasteiger partial charge in [0.1, 0.15) is 6.10 Å². The number of thiophene rings is 1. The highest BCUT2D eigenvalue weighted by atomic mass is 35.5. The molecule has 0 aliphatic heterocycles. The van der Waals surface area contributed by atoms with E-state index in [1.807, 2.05) is 16.8 Å². The second-order valence-electron chi connectivity index (χ2n) is 5.78. The van der Waals surface area contributed by atoms with Crippen LogP contribution in [0.5, 0.6) is 5.88 Å². The lowest BCUT2D eigenvalue weighted by Gasteiger charge is -2.29. The minimum atomic E-state index is 0.104. The molecule has 2 aromatic heterocycles. The number of nitrogens with zero attached hydrogens (tertiary/aromatic N) is 1. The molecule has 2 aromatic rings. The summed E-state index contributed by atoms with van der Waals surface area (Å²) in [4.78, 5) is 16.2. The monoisotopic (exact) mass is 350 g/mol. The lowest BCUT2D eigenvalue weighted by atomic mass is 9.93. The Morgan fingerprint density at radius 2 is 2.13 bits per heavy atom. The molecule has 0 spiro atoms. The molecule has 122 valence electrons. The van der Waals surface area contributed by atoms with Gasteiger partial charge in [0.2, 0.25) is 11.8 Å². The van der Waals surface area contributed by atoms with Gasteiger partial charge in [0.05, 0.1) is 11.4 Å². The number of pyridine rings is 1. The molecule has 1 amide bonds. The molecular formula is C17H19ClN2O2S. The van der Waals surface area contributed by atoms with Gasteiger partial charge in [-0.25, -0.2) is 4.98 Å². The maximum atomic E-state index is 12.0. The van der Waals surface area contributed by atoms with Crippen LogP contribution >= 0.6 is 22.9 Å². The van der Waals surface area contributed by atoms with Crippen molar-refractivity contribution in [3.63, 3.8) is 0 Å². The number of hydrogen-bond donors (Lipinski definition) is 1. The summed E-state index contributed by atoms with van der Waals surface area (Å²) in [6, 6.07) is 5.81. The van der Waals surface area contributed by atoms with Crippen LogP contribution in [0.4, 0.5) is 0 Å². The SMILES string of the molecule is O=C(Cc1ccsc1)NC1CCC(Oc2ccc(Cl)cn2)CC1. The molecule has 3 rings (SSSR count). The van der Waals surface area contributed by atoms with Crippen LogP contribution in [0.3, 0.4) is 0 Å². The van der Waals surface area contributed by atoms with Crippen LogP contribution < -0.4 is 10.1 Å². The standard InChI is InChI=1S/C17H19ClN2O2S/c18-13-1-6-17(19-10-13)22-15-4-2-14(3-5-15)20-16(21)9-12-7-8-23-11-12/h1,6-8,10-11,14-15H,2-5,9H2,(H,20,21). The van der Waals surface area contributed by atoms with Crippen molar-refractivity contribution in [2.45, 2.75) is 44.2 Å². The summed E-state index contributed by atoms with van der Waals surface area (Å²) in [6.07, 6.45) is 5.94. The van der Waals surface area contributed by atoms with E-state index in [1.165, 1.54) is 0 Å². The highest BCUT2D eigenvalue weighted by Gasteiger charge is 2.23. The van der Waals surface area contributed by atoms with Gasteiger partial charge in [-0.3, -0.25) is 4.79 Å². The predicted octanol–water partition coefficient (Wildman–Crippen LogP) is 3.85. The molecule has 0 bridgehead atoms. The fourth-order valence-corrected chi connectivity index (χ4v) is 3.57. The van der Waals surface area contributed by atoms with E-state index in [0.29, 0.717) is 17.3 Å². The van der Waals surface area contributed by atoms with E-state index in [2.05, 4.69) is 10.3 Å². The van der Waals surface area contributed by atoms with Crippen molar-refractivity contribution < 1.29 is 9.53 Å². The molecule has 1 aliphatic rings. The third-order valence-corrected chi connectivity index (χ3v) is 4.93. The number of carbonyl (C=O) groups excluding carboxylic acids is 1. The van der Waals surface area contributed by atoms with Crippen molar-refractivity contribution >= 4 is 28.8 Å². The minimum absolute atomic E-state index is 0.104. The summed E-state index contributed by atoms with van der Waals surface area (Å²) in [6.45, 7) is 0. The zero-order chi connectivity index (χ0) is 16.1. The first-order chi connectivity index (χ1) is 11.2. The van der Waals surface area contributed by atoms with Gasteiger partial charge < -0.3 is 10.1 Å². The highest BCUT2D eigenvalue weighted by molar-refractivity contribution is 7.08. The van der Waals surface area contributed by atoms with Gasteiger partial charge in [-0.15, -0.1) is 0 Å². The summed E-state index contributed by atoms with van der Waals surface area (Å²) < 4.78 is 5.87. The second kappa shape index (κ2) is 7.79. The Kier molecular flexibility index (Phi) is 5.51. The summed E-state index contributed by atoms with van der Waals surface area (Å²) in [5.74, 6) is 0.714. The van der Waals surface area contributed by atoms with Gasteiger partial charge in [-0.1, -0.05) is 11.6 Å². The fourth-order valence-electron chi connectivity index (χ4n) is 2.79. The van der Waals surface area contributed by atoms with Gasteiger partial charge in [0.15, 0.2) is 0 Å². The quantitative estimate of drug-likeness (QED) is 0.891. The van der Waals surface area contributed by atoms with E-state index < -0.39 is 0 Å². The smallest absolute Gasteiger partial charge is 0.224 e. The number of ether oxygens (including phenoxy) is 1. The van der Waals surface area contributed by atoms with Gasteiger partial charge in [-0.05, 0) is 54.1 Å². The van der Waals surface area contributed by atoms with Crippen LogP contribution in [0.25, 0.3) is 0 Å². The lowest BCUT2D eigenvalue weighted by molar-refractivity contribution is -0.121. The normalized spacial score (nSPS) is 20.9. The van der Waals surface area contributed by atoms with Gasteiger partial charge >= 0.3 is 0 Å². The Bertz CT molecular complexity index is 623. The van der Waals surface area contributed by atoms with Crippen LogP contribution in [0.1, 0.15) is 31.2 Å². The van der Waals surface area contributed by atoms with E-state index >= 15 is 0 Å². The molecule has 2 heterocycles. The third-order valence-electron chi connectivity index (χ3n) is 3.97. The Balaban J connectivity index is 1.41. The fraction of sp³-hybridized carbons (Fsp3) is 0.412. The van der Waals surface area contributed by atoms with Crippen molar-refractivity contribution in [2.75, 3.05) is 0 Å². The molecule has 0 atom stereocenters. The topological polar surface area (TPSA) is 51.2 Å². The summed E-state index contributed by atoms with van der Waals surface area (Å²) in [7, 11) is 0. The van der Waals surface area contributed by atoms with E-state index in [4.69, 9.17) is 16.3 Å². The van der Waals surface area contributed by atoms with Crippen molar-refractivity contribution in [3.8, 4) is 5.88 Å². The maximum Gasteiger partial charge on any atom is 0.224 e. The molecule has 1 fully saturated rings. The van der Waals surface area contributed by atoms with Gasteiger partial charge in [-0.2, -0.15) is 11.3 Å². The molecule has 23 heavy (non-hydrogen) atoms. The lowest BCUT2D eigenvalue weighted by Crippen LogP contribution is -2.40. The highest BCUT2D eigenvalue weighted by Crippen LogP contribution is 2.23. The molecule has 1 N–H and O–H groups in total. The average Bonchev–Trinajstić information content (AvgIpc) is 3.04. The maximum absolute atomic E-state index is 12.0. The van der Waals surface area contributed by atoms with Crippen molar-refractivity contribution in [1.29, 1.82) is 0 Å². The first-order valence-corrected chi connectivity index (χ1v) is 9.10. The number of carbonyl (C=O) groups is 1. The first kappa shape index (κ1) is 16.3. The second-order valence-corrected chi connectivity index (χ2v) is 7.00. The molecule has 1 aliphatic carbocycles. The Morgan fingerprint density at radius 3 is 2.78 bits per heavy atom. The largest absolute Gasteiger partial charge is 0.474 e. The molecule has 0 aromatic carbocycles. The number of aromatic nitrogens is 1. The predicted molar refractivity (Wildman–Crippen MR) is 92.1 cm³/mol. The van der Waals surface area contributed by atoms with E-state index in [-0.39, 0.29) is 18.1 Å². The van der Waals surface area contributed by atoms with Crippen LogP contribution in [0.2, 0.25) is 5.02 Å². The van der Waals surface area contributed by atoms with E-state index in [9.17, 15) is 4.79 Å². The molecule has 0 unspecified atom stereocenters. The average molecular weight is 351 g/mol. The zero-order valence-electron chi connectivity index (χ0n) is 12.7. The zero-order valence-corrected chi connectivity index (χ0v) is 14.3. The number of halogens is 1. The van der Waals surface area contributed by atoms with Crippen molar-refractivity contribution in [2.24, 2.45) is 0 Å². The molecule has 0 saturated heterocycles.